The van der Waals surface area contributed by atoms with Crippen molar-refractivity contribution in [2.24, 2.45) is 0 Å². The van der Waals surface area contributed by atoms with E-state index in [1.165, 1.54) is 6.92 Å². The van der Waals surface area contributed by atoms with E-state index in [1.807, 2.05) is 19.9 Å². The standard InChI is InChI=1S/C7H11BrO/c1-6(9)4-5-7(2,3)8/h4-5H,1-3H3. The van der Waals surface area contributed by atoms with Crippen molar-refractivity contribution in [2.75, 3.05) is 0 Å². The van der Waals surface area contributed by atoms with Crippen LogP contribution in [0.25, 0.3) is 0 Å². The van der Waals surface area contributed by atoms with Crippen LogP contribution in [0.15, 0.2) is 12.2 Å². The number of halogens is 1. The lowest BCUT2D eigenvalue weighted by molar-refractivity contribution is -0.112. The minimum absolute atomic E-state index is 0.0569. The molecule has 0 amide bonds. The number of carbonyl (C=O) groups is 1. The maximum Gasteiger partial charge on any atom is 0.152 e. The molecule has 1 nitrogen and oxygen atoms in total. The van der Waals surface area contributed by atoms with Gasteiger partial charge in [-0.05, 0) is 26.8 Å². The highest BCUT2D eigenvalue weighted by Gasteiger charge is 2.05. The lowest BCUT2D eigenvalue weighted by atomic mass is 10.2. The first-order chi connectivity index (χ1) is 3.92. The monoisotopic (exact) mass is 190 g/mol. The van der Waals surface area contributed by atoms with Gasteiger partial charge < -0.3 is 0 Å². The molecule has 0 saturated heterocycles. The number of hydrogen-bond acceptors (Lipinski definition) is 1. The summed E-state index contributed by atoms with van der Waals surface area (Å²) in [7, 11) is 0. The van der Waals surface area contributed by atoms with Gasteiger partial charge in [0.1, 0.15) is 0 Å². The first kappa shape index (κ1) is 8.89. The van der Waals surface area contributed by atoms with Crippen molar-refractivity contribution in [3.8, 4) is 0 Å². The van der Waals surface area contributed by atoms with E-state index >= 15 is 0 Å². The Kier molecular flexibility index (Phi) is 3.12. The quantitative estimate of drug-likeness (QED) is 0.483. The fourth-order valence-electron chi connectivity index (χ4n) is 0.316. The van der Waals surface area contributed by atoms with Crippen LogP contribution in [0, 0.1) is 0 Å². The summed E-state index contributed by atoms with van der Waals surface area (Å²) < 4.78 is -0.0569. The first-order valence-corrected chi connectivity index (χ1v) is 3.60. The molecule has 0 unspecified atom stereocenters. The summed E-state index contributed by atoms with van der Waals surface area (Å²) >= 11 is 3.37. The van der Waals surface area contributed by atoms with E-state index in [-0.39, 0.29) is 10.1 Å². The Morgan fingerprint density at radius 1 is 1.56 bits per heavy atom. The molecule has 0 aliphatic carbocycles. The Labute approximate surface area is 64.3 Å². The van der Waals surface area contributed by atoms with Gasteiger partial charge in [-0.25, -0.2) is 0 Å². The summed E-state index contributed by atoms with van der Waals surface area (Å²) in [5, 5.41) is 0. The summed E-state index contributed by atoms with van der Waals surface area (Å²) in [5.74, 6) is 0.0857. The van der Waals surface area contributed by atoms with Crippen molar-refractivity contribution in [3.63, 3.8) is 0 Å². The largest absolute Gasteiger partial charge is 0.295 e. The first-order valence-electron chi connectivity index (χ1n) is 2.80. The number of carbonyl (C=O) groups excluding carboxylic acids is 1. The molecular formula is C7H11BrO. The van der Waals surface area contributed by atoms with Crippen LogP contribution < -0.4 is 0 Å². The average molecular weight is 191 g/mol. The molecule has 52 valence electrons. The Bertz CT molecular complexity index is 130. The van der Waals surface area contributed by atoms with Gasteiger partial charge in [0, 0.05) is 4.32 Å². The van der Waals surface area contributed by atoms with Crippen molar-refractivity contribution in [3.05, 3.63) is 12.2 Å². The third-order valence-corrected chi connectivity index (χ3v) is 0.979. The molecule has 0 fully saturated rings. The Morgan fingerprint density at radius 3 is 2.11 bits per heavy atom. The maximum atomic E-state index is 10.4. The highest BCUT2D eigenvalue weighted by Crippen LogP contribution is 2.16. The van der Waals surface area contributed by atoms with E-state index in [0.29, 0.717) is 0 Å². The zero-order valence-electron chi connectivity index (χ0n) is 5.94. The zero-order valence-corrected chi connectivity index (χ0v) is 7.53. The summed E-state index contributed by atoms with van der Waals surface area (Å²) in [5.41, 5.74) is 0. The van der Waals surface area contributed by atoms with Gasteiger partial charge in [0.05, 0.1) is 0 Å². The molecule has 0 aromatic rings. The average Bonchev–Trinajstić information content (AvgIpc) is 1.59. The van der Waals surface area contributed by atoms with E-state index in [2.05, 4.69) is 15.9 Å². The normalized spacial score (nSPS) is 12.4. The van der Waals surface area contributed by atoms with Gasteiger partial charge in [0.25, 0.3) is 0 Å². The molecule has 0 radical (unpaired) electrons. The van der Waals surface area contributed by atoms with Crippen LogP contribution in [0.5, 0.6) is 0 Å². The maximum absolute atomic E-state index is 10.4. The van der Waals surface area contributed by atoms with Crippen LogP contribution >= 0.6 is 15.9 Å². The number of rotatable bonds is 2. The predicted molar refractivity (Wildman–Crippen MR) is 42.8 cm³/mol. The van der Waals surface area contributed by atoms with Crippen molar-refractivity contribution in [1.82, 2.24) is 0 Å². The van der Waals surface area contributed by atoms with Gasteiger partial charge in [-0.15, -0.1) is 0 Å². The lowest BCUT2D eigenvalue weighted by Gasteiger charge is -2.07. The van der Waals surface area contributed by atoms with Crippen LogP contribution in [0.3, 0.4) is 0 Å². The molecular weight excluding hydrogens is 180 g/mol. The fraction of sp³-hybridized carbons (Fsp3) is 0.571. The van der Waals surface area contributed by atoms with Crippen molar-refractivity contribution >= 4 is 21.7 Å². The molecule has 0 atom stereocenters. The second-order valence-electron chi connectivity index (χ2n) is 2.51. The second kappa shape index (κ2) is 3.16. The molecule has 0 spiro atoms. The molecule has 0 aliphatic rings. The minimum atomic E-state index is -0.0569. The lowest BCUT2D eigenvalue weighted by Crippen LogP contribution is -2.03. The molecule has 0 aliphatic heterocycles. The Hall–Kier alpha value is -0.110. The van der Waals surface area contributed by atoms with Crippen LogP contribution in [0.1, 0.15) is 20.8 Å². The smallest absolute Gasteiger partial charge is 0.152 e. The summed E-state index contributed by atoms with van der Waals surface area (Å²) in [4.78, 5) is 10.4. The van der Waals surface area contributed by atoms with Gasteiger partial charge in [0.2, 0.25) is 0 Å². The van der Waals surface area contributed by atoms with Crippen LogP contribution in [-0.2, 0) is 4.79 Å². The summed E-state index contributed by atoms with van der Waals surface area (Å²) in [6, 6.07) is 0. The molecule has 2 heteroatoms. The topological polar surface area (TPSA) is 17.1 Å². The highest BCUT2D eigenvalue weighted by molar-refractivity contribution is 9.10. The Balaban J connectivity index is 3.86. The van der Waals surface area contributed by atoms with E-state index in [9.17, 15) is 4.79 Å². The fourth-order valence-corrected chi connectivity index (χ4v) is 0.448. The zero-order chi connectivity index (χ0) is 7.49. The van der Waals surface area contributed by atoms with Gasteiger partial charge in [0.15, 0.2) is 5.78 Å². The molecule has 0 saturated carbocycles. The van der Waals surface area contributed by atoms with Crippen LogP contribution in [0.2, 0.25) is 0 Å². The number of ketones is 1. The van der Waals surface area contributed by atoms with E-state index in [1.54, 1.807) is 6.08 Å². The number of allylic oxidation sites excluding steroid dienone is 2. The van der Waals surface area contributed by atoms with Gasteiger partial charge in [-0.3, -0.25) is 4.79 Å². The van der Waals surface area contributed by atoms with Crippen LogP contribution in [-0.4, -0.2) is 10.1 Å². The molecule has 9 heavy (non-hydrogen) atoms. The van der Waals surface area contributed by atoms with E-state index in [0.717, 1.165) is 0 Å². The molecule has 0 aromatic carbocycles. The molecule has 0 N–H and O–H groups in total. The van der Waals surface area contributed by atoms with E-state index in [4.69, 9.17) is 0 Å². The van der Waals surface area contributed by atoms with Crippen molar-refractivity contribution in [2.45, 2.75) is 25.1 Å². The number of alkyl halides is 1. The highest BCUT2D eigenvalue weighted by atomic mass is 79.9. The van der Waals surface area contributed by atoms with E-state index < -0.39 is 0 Å². The van der Waals surface area contributed by atoms with Gasteiger partial charge in [-0.2, -0.15) is 0 Å². The summed E-state index contributed by atoms with van der Waals surface area (Å²) in [6.07, 6.45) is 3.39. The summed E-state index contributed by atoms with van der Waals surface area (Å²) in [6.45, 7) is 5.49. The minimum Gasteiger partial charge on any atom is -0.295 e. The second-order valence-corrected chi connectivity index (χ2v) is 4.55. The van der Waals surface area contributed by atoms with Crippen molar-refractivity contribution in [1.29, 1.82) is 0 Å². The third-order valence-electron chi connectivity index (χ3n) is 0.714. The molecule has 0 bridgehead atoms. The van der Waals surface area contributed by atoms with Crippen LogP contribution in [0.4, 0.5) is 0 Å². The molecule has 0 heterocycles. The SMILES string of the molecule is CC(=O)C=CC(C)(C)Br. The van der Waals surface area contributed by atoms with Crippen molar-refractivity contribution < 1.29 is 4.79 Å². The van der Waals surface area contributed by atoms with Gasteiger partial charge in [-0.1, -0.05) is 22.0 Å². The van der Waals surface area contributed by atoms with Gasteiger partial charge >= 0.3 is 0 Å². The Morgan fingerprint density at radius 2 is 2.00 bits per heavy atom. The number of hydrogen-bond donors (Lipinski definition) is 0. The predicted octanol–water partition coefficient (Wildman–Crippen LogP) is 2.31. The molecule has 0 rings (SSSR count). The third kappa shape index (κ3) is 7.89. The molecule has 0 aromatic heterocycles.